The number of benzene rings is 1. The van der Waals surface area contributed by atoms with Crippen molar-refractivity contribution >= 4 is 38.8 Å². The fourth-order valence-electron chi connectivity index (χ4n) is 3.43. The summed E-state index contributed by atoms with van der Waals surface area (Å²) in [6.45, 7) is 3.59. The Morgan fingerprint density at radius 2 is 2.15 bits per heavy atom. The van der Waals surface area contributed by atoms with Crippen molar-refractivity contribution in [2.75, 3.05) is 11.9 Å². The maximum atomic E-state index is 6.32. The van der Waals surface area contributed by atoms with E-state index in [1.807, 2.05) is 24.3 Å². The fourth-order valence-corrected chi connectivity index (χ4v) is 4.99. The van der Waals surface area contributed by atoms with Gasteiger partial charge in [0, 0.05) is 30.1 Å². The topological polar surface area (TPSA) is 60.2 Å². The Kier molecular flexibility index (Phi) is 5.14. The van der Waals surface area contributed by atoms with E-state index < -0.39 is 0 Å². The number of pyridine rings is 1. The standard InChI is InChI=1S/C20H22ClN3OS/c1-12-17-20(26-19(12)18-14(22)8-5-9-25-18)15(10-16(21)24-17)23-11-13-6-3-2-4-7-13/h2-4,6-7,10,14,18H,5,8-9,11,22H2,1H3,(H,23,24)/t14-,18-/m0/s1. The van der Waals surface area contributed by atoms with Gasteiger partial charge in [-0.1, -0.05) is 41.9 Å². The first kappa shape index (κ1) is 17.7. The number of thiophene rings is 1. The van der Waals surface area contributed by atoms with E-state index in [9.17, 15) is 0 Å². The first-order valence-electron chi connectivity index (χ1n) is 8.88. The van der Waals surface area contributed by atoms with Gasteiger partial charge in [-0.25, -0.2) is 4.98 Å². The Bertz CT molecular complexity index is 912. The Morgan fingerprint density at radius 1 is 1.35 bits per heavy atom. The summed E-state index contributed by atoms with van der Waals surface area (Å²) in [5.74, 6) is 0. The van der Waals surface area contributed by atoms with Crippen LogP contribution < -0.4 is 11.1 Å². The molecule has 1 saturated heterocycles. The third kappa shape index (κ3) is 3.45. The second-order valence-corrected chi connectivity index (χ2v) is 8.14. The summed E-state index contributed by atoms with van der Waals surface area (Å²) in [6.07, 6.45) is 1.96. The minimum absolute atomic E-state index is 0.0340. The van der Waals surface area contributed by atoms with Crippen molar-refractivity contribution in [2.45, 2.75) is 38.5 Å². The van der Waals surface area contributed by atoms with E-state index in [0.29, 0.717) is 5.15 Å². The van der Waals surface area contributed by atoms with E-state index in [1.165, 1.54) is 10.4 Å². The number of aryl methyl sites for hydroxylation is 1. The van der Waals surface area contributed by atoms with Gasteiger partial charge in [-0.15, -0.1) is 11.3 Å². The van der Waals surface area contributed by atoms with Gasteiger partial charge in [0.15, 0.2) is 0 Å². The lowest BCUT2D eigenvalue weighted by atomic mass is 10.00. The molecule has 3 heterocycles. The smallest absolute Gasteiger partial charge is 0.131 e. The van der Waals surface area contributed by atoms with Crippen molar-refractivity contribution in [1.29, 1.82) is 0 Å². The van der Waals surface area contributed by atoms with E-state index >= 15 is 0 Å². The molecular formula is C20H22ClN3OS. The summed E-state index contributed by atoms with van der Waals surface area (Å²) in [6, 6.07) is 12.2. The van der Waals surface area contributed by atoms with Crippen LogP contribution in [0.2, 0.25) is 5.15 Å². The molecule has 2 atom stereocenters. The molecular weight excluding hydrogens is 366 g/mol. The molecule has 0 spiro atoms. The van der Waals surface area contributed by atoms with Crippen LogP contribution >= 0.6 is 22.9 Å². The van der Waals surface area contributed by atoms with Gasteiger partial charge in [0.1, 0.15) is 11.3 Å². The minimum atomic E-state index is -0.0521. The first-order valence-corrected chi connectivity index (χ1v) is 10.1. The minimum Gasteiger partial charge on any atom is -0.380 e. The summed E-state index contributed by atoms with van der Waals surface area (Å²) in [5.41, 5.74) is 10.6. The molecule has 4 nitrogen and oxygen atoms in total. The van der Waals surface area contributed by atoms with Crippen LogP contribution in [0.1, 0.15) is 34.9 Å². The Hall–Kier alpha value is -1.66. The number of nitrogens with two attached hydrogens (primary N) is 1. The molecule has 2 aromatic heterocycles. The third-order valence-electron chi connectivity index (χ3n) is 4.83. The molecule has 6 heteroatoms. The lowest BCUT2D eigenvalue weighted by molar-refractivity contribution is 0.00207. The number of nitrogens with one attached hydrogen (secondary N) is 1. The SMILES string of the molecule is Cc1c([C@H]2OCCC[C@@H]2N)sc2c(NCc3ccccc3)cc(Cl)nc12. The second-order valence-electron chi connectivity index (χ2n) is 6.70. The monoisotopic (exact) mass is 387 g/mol. The maximum Gasteiger partial charge on any atom is 0.131 e. The van der Waals surface area contributed by atoms with Crippen LogP contribution in [0.25, 0.3) is 10.2 Å². The maximum absolute atomic E-state index is 6.32. The molecule has 0 radical (unpaired) electrons. The summed E-state index contributed by atoms with van der Waals surface area (Å²) >= 11 is 8.01. The van der Waals surface area contributed by atoms with E-state index in [1.54, 1.807) is 11.3 Å². The number of halogens is 1. The van der Waals surface area contributed by atoms with Gasteiger partial charge in [-0.3, -0.25) is 0 Å². The molecule has 1 aliphatic rings. The average Bonchev–Trinajstić information content (AvgIpc) is 2.98. The summed E-state index contributed by atoms with van der Waals surface area (Å²) in [5, 5.41) is 4.01. The zero-order valence-electron chi connectivity index (χ0n) is 14.7. The number of hydrogen-bond acceptors (Lipinski definition) is 5. The summed E-state index contributed by atoms with van der Waals surface area (Å²) in [7, 11) is 0. The molecule has 1 aromatic carbocycles. The summed E-state index contributed by atoms with van der Waals surface area (Å²) < 4.78 is 7.10. The van der Waals surface area contributed by atoms with Crippen molar-refractivity contribution in [3.05, 3.63) is 57.6 Å². The predicted molar refractivity (Wildman–Crippen MR) is 109 cm³/mol. The van der Waals surface area contributed by atoms with Gasteiger partial charge in [0.25, 0.3) is 0 Å². The number of nitrogens with zero attached hydrogens (tertiary/aromatic N) is 1. The van der Waals surface area contributed by atoms with Crippen molar-refractivity contribution in [3.63, 3.8) is 0 Å². The van der Waals surface area contributed by atoms with E-state index in [2.05, 4.69) is 29.4 Å². The number of anilines is 1. The fraction of sp³-hybridized carbons (Fsp3) is 0.350. The zero-order valence-corrected chi connectivity index (χ0v) is 16.2. The molecule has 4 rings (SSSR count). The molecule has 0 bridgehead atoms. The number of aromatic nitrogens is 1. The predicted octanol–water partition coefficient (Wildman–Crippen LogP) is 5.05. The second kappa shape index (κ2) is 7.53. The van der Waals surface area contributed by atoms with Crippen LogP contribution in [0.3, 0.4) is 0 Å². The van der Waals surface area contributed by atoms with Crippen LogP contribution in [-0.2, 0) is 11.3 Å². The molecule has 0 amide bonds. The van der Waals surface area contributed by atoms with Gasteiger partial charge >= 0.3 is 0 Å². The highest BCUT2D eigenvalue weighted by molar-refractivity contribution is 7.20. The molecule has 26 heavy (non-hydrogen) atoms. The van der Waals surface area contributed by atoms with Crippen LogP contribution in [0, 0.1) is 6.92 Å². The quantitative estimate of drug-likeness (QED) is 0.615. The molecule has 0 saturated carbocycles. The molecule has 3 aromatic rings. The average molecular weight is 388 g/mol. The Morgan fingerprint density at radius 3 is 2.92 bits per heavy atom. The third-order valence-corrected chi connectivity index (χ3v) is 6.40. The van der Waals surface area contributed by atoms with Gasteiger partial charge in [-0.05, 0) is 30.9 Å². The Balaban J connectivity index is 1.70. The zero-order chi connectivity index (χ0) is 18.1. The van der Waals surface area contributed by atoms with Crippen molar-refractivity contribution in [3.8, 4) is 0 Å². The van der Waals surface area contributed by atoms with E-state index in [4.69, 9.17) is 22.1 Å². The largest absolute Gasteiger partial charge is 0.380 e. The molecule has 0 unspecified atom stereocenters. The van der Waals surface area contributed by atoms with Crippen LogP contribution in [0.15, 0.2) is 36.4 Å². The van der Waals surface area contributed by atoms with Gasteiger partial charge < -0.3 is 15.8 Å². The van der Waals surface area contributed by atoms with Gasteiger partial charge in [0.05, 0.1) is 15.9 Å². The lowest BCUT2D eigenvalue weighted by Gasteiger charge is -2.28. The lowest BCUT2D eigenvalue weighted by Crippen LogP contribution is -2.34. The van der Waals surface area contributed by atoms with Gasteiger partial charge in [-0.2, -0.15) is 0 Å². The van der Waals surface area contributed by atoms with E-state index in [-0.39, 0.29) is 12.1 Å². The molecule has 0 aliphatic carbocycles. The highest BCUT2D eigenvalue weighted by atomic mass is 35.5. The van der Waals surface area contributed by atoms with Gasteiger partial charge in [0.2, 0.25) is 0 Å². The molecule has 136 valence electrons. The number of hydrogen-bond donors (Lipinski definition) is 2. The molecule has 3 N–H and O–H groups in total. The first-order chi connectivity index (χ1) is 12.6. The number of rotatable bonds is 4. The van der Waals surface area contributed by atoms with Crippen LogP contribution in [-0.4, -0.2) is 17.6 Å². The normalized spacial score (nSPS) is 20.4. The number of ether oxygens (including phenoxy) is 1. The molecule has 1 aliphatic heterocycles. The molecule has 1 fully saturated rings. The number of fused-ring (bicyclic) bond motifs is 1. The van der Waals surface area contributed by atoms with Crippen molar-refractivity contribution < 1.29 is 4.74 Å². The summed E-state index contributed by atoms with van der Waals surface area (Å²) in [4.78, 5) is 5.74. The van der Waals surface area contributed by atoms with Crippen molar-refractivity contribution in [2.24, 2.45) is 5.73 Å². The van der Waals surface area contributed by atoms with E-state index in [0.717, 1.165) is 47.5 Å². The highest BCUT2D eigenvalue weighted by Gasteiger charge is 2.29. The Labute approximate surface area is 162 Å². The van der Waals surface area contributed by atoms with Crippen molar-refractivity contribution in [1.82, 2.24) is 4.98 Å². The van der Waals surface area contributed by atoms with Crippen LogP contribution in [0.4, 0.5) is 5.69 Å². The van der Waals surface area contributed by atoms with Crippen LogP contribution in [0.5, 0.6) is 0 Å². The highest BCUT2D eigenvalue weighted by Crippen LogP contribution is 2.42.